The summed E-state index contributed by atoms with van der Waals surface area (Å²) in [7, 11) is 0. The Kier molecular flexibility index (Phi) is 1.97. The lowest BCUT2D eigenvalue weighted by Gasteiger charge is -2.27. The van der Waals surface area contributed by atoms with Crippen molar-refractivity contribution in [2.24, 2.45) is 0 Å². The number of hydrogen-bond donors (Lipinski definition) is 0. The van der Waals surface area contributed by atoms with Crippen molar-refractivity contribution in [2.75, 3.05) is 6.79 Å². The Labute approximate surface area is 109 Å². The van der Waals surface area contributed by atoms with Crippen molar-refractivity contribution in [1.29, 1.82) is 0 Å². The van der Waals surface area contributed by atoms with Gasteiger partial charge in [-0.1, -0.05) is 6.92 Å². The van der Waals surface area contributed by atoms with E-state index in [1.54, 1.807) is 0 Å². The molecule has 1 atom stereocenters. The van der Waals surface area contributed by atoms with Crippen molar-refractivity contribution in [2.45, 2.75) is 25.7 Å². The molecule has 19 heavy (non-hydrogen) atoms. The maximum absolute atomic E-state index is 11.8. The summed E-state index contributed by atoms with van der Waals surface area (Å²) < 4.78 is 10.7. The molecule has 96 valence electrons. The van der Waals surface area contributed by atoms with E-state index in [1.807, 2.05) is 19.1 Å². The molecule has 1 heterocycles. The van der Waals surface area contributed by atoms with E-state index >= 15 is 0 Å². The highest BCUT2D eigenvalue weighted by Crippen LogP contribution is 2.44. The molecule has 2 aliphatic rings. The highest BCUT2D eigenvalue weighted by Gasteiger charge is 2.35. The summed E-state index contributed by atoms with van der Waals surface area (Å²) in [6.45, 7) is 2.26. The lowest BCUT2D eigenvalue weighted by Crippen LogP contribution is -2.41. The molecule has 1 aliphatic carbocycles. The molecule has 2 aromatic rings. The zero-order valence-electron chi connectivity index (χ0n) is 10.5. The summed E-state index contributed by atoms with van der Waals surface area (Å²) in [6.07, 6.45) is 1.66. The molecule has 4 rings (SSSR count). The lowest BCUT2D eigenvalue weighted by molar-refractivity contribution is 0.174. The molecule has 2 aromatic carbocycles. The van der Waals surface area contributed by atoms with Crippen LogP contribution in [0.1, 0.15) is 30.4 Å². The average Bonchev–Trinajstić information content (AvgIpc) is 2.88. The minimum absolute atomic E-state index is 0.160. The number of rotatable bonds is 1. The predicted molar refractivity (Wildman–Crippen MR) is 69.6 cm³/mol. The van der Waals surface area contributed by atoms with Crippen LogP contribution in [-0.4, -0.2) is 6.79 Å². The molecule has 1 aliphatic heterocycles. The molecule has 4 heteroatoms. The Hall–Kier alpha value is -2.10. The molecule has 0 radical (unpaired) electrons. The van der Waals surface area contributed by atoms with Crippen LogP contribution in [-0.2, 0) is 6.42 Å². The summed E-state index contributed by atoms with van der Waals surface area (Å²) in [5.74, 6) is 1.55. The van der Waals surface area contributed by atoms with E-state index in [0.29, 0.717) is 11.3 Å². The van der Waals surface area contributed by atoms with Gasteiger partial charge in [-0.2, -0.15) is 0 Å². The molecule has 4 nitrogen and oxygen atoms in total. The predicted octanol–water partition coefficient (Wildman–Crippen LogP) is 1.73. The molecule has 0 bridgehead atoms. The van der Waals surface area contributed by atoms with Crippen molar-refractivity contribution in [3.8, 4) is 22.6 Å². The van der Waals surface area contributed by atoms with E-state index in [2.05, 4.69) is 0 Å². The summed E-state index contributed by atoms with van der Waals surface area (Å²) in [6, 6.07) is 3.78. The number of fused-ring (bicyclic) bond motifs is 4. The second kappa shape index (κ2) is 3.47. The quantitative estimate of drug-likeness (QED) is 0.729. The van der Waals surface area contributed by atoms with E-state index in [0.717, 1.165) is 35.3 Å². The SMILES string of the molecule is CC[C@H]1Cc2cc3c(cc2-c2c1c(=O)c2=O)OCO3. The molecule has 0 fully saturated rings. The van der Waals surface area contributed by atoms with Gasteiger partial charge in [0.1, 0.15) is 0 Å². The van der Waals surface area contributed by atoms with Crippen LogP contribution in [0.5, 0.6) is 11.5 Å². The zero-order valence-corrected chi connectivity index (χ0v) is 10.5. The van der Waals surface area contributed by atoms with Gasteiger partial charge in [-0.15, -0.1) is 0 Å². The molecule has 0 saturated heterocycles. The van der Waals surface area contributed by atoms with Gasteiger partial charge < -0.3 is 9.47 Å². The minimum Gasteiger partial charge on any atom is -0.454 e. The van der Waals surface area contributed by atoms with Gasteiger partial charge in [0.15, 0.2) is 11.5 Å². The van der Waals surface area contributed by atoms with Crippen LogP contribution < -0.4 is 20.3 Å². The van der Waals surface area contributed by atoms with Crippen molar-refractivity contribution < 1.29 is 9.47 Å². The van der Waals surface area contributed by atoms with E-state index in [1.165, 1.54) is 0 Å². The summed E-state index contributed by atoms with van der Waals surface area (Å²) in [5.41, 5.74) is 2.61. The van der Waals surface area contributed by atoms with Gasteiger partial charge in [0.25, 0.3) is 0 Å². The molecule has 0 unspecified atom stereocenters. The van der Waals surface area contributed by atoms with E-state index < -0.39 is 0 Å². The van der Waals surface area contributed by atoms with Crippen molar-refractivity contribution in [1.82, 2.24) is 0 Å². The number of hydrogen-bond acceptors (Lipinski definition) is 4. The number of ether oxygens (including phenoxy) is 2. The minimum atomic E-state index is -0.353. The standard InChI is InChI=1S/C15H12O4/c1-2-7-3-8-4-10-11(19-6-18-10)5-9(8)13-12(7)14(16)15(13)17/h4-5,7H,2-3,6H2,1H3/t7-/m0/s1. The third-order valence-corrected chi connectivity index (χ3v) is 4.18. The van der Waals surface area contributed by atoms with Gasteiger partial charge >= 0.3 is 0 Å². The first-order chi connectivity index (χ1) is 9.20. The monoisotopic (exact) mass is 256 g/mol. The molecule has 0 N–H and O–H groups in total. The van der Waals surface area contributed by atoms with Crippen LogP contribution in [0.4, 0.5) is 0 Å². The molecule has 0 spiro atoms. The van der Waals surface area contributed by atoms with Crippen molar-refractivity contribution in [3.63, 3.8) is 0 Å². The smallest absolute Gasteiger partial charge is 0.234 e. The first-order valence-electron chi connectivity index (χ1n) is 6.46. The Morgan fingerprint density at radius 3 is 2.63 bits per heavy atom. The largest absolute Gasteiger partial charge is 0.454 e. The normalized spacial score (nSPS) is 19.3. The van der Waals surface area contributed by atoms with Gasteiger partial charge in [-0.05, 0) is 42.0 Å². The molecule has 0 amide bonds. The Balaban J connectivity index is 1.98. The van der Waals surface area contributed by atoms with Crippen LogP contribution in [0, 0.1) is 0 Å². The third-order valence-electron chi connectivity index (χ3n) is 4.18. The van der Waals surface area contributed by atoms with Crippen molar-refractivity contribution in [3.05, 3.63) is 43.7 Å². The maximum atomic E-state index is 11.8. The van der Waals surface area contributed by atoms with Gasteiger partial charge in [-0.25, -0.2) is 0 Å². The summed E-state index contributed by atoms with van der Waals surface area (Å²) in [4.78, 5) is 23.6. The fourth-order valence-corrected chi connectivity index (χ4v) is 3.17. The second-order valence-electron chi connectivity index (χ2n) is 5.12. The number of benzene rings is 1. The van der Waals surface area contributed by atoms with Crippen LogP contribution in [0.25, 0.3) is 11.1 Å². The summed E-state index contributed by atoms with van der Waals surface area (Å²) in [5, 5.41) is 0. The van der Waals surface area contributed by atoms with Crippen LogP contribution in [0.2, 0.25) is 0 Å². The van der Waals surface area contributed by atoms with Crippen LogP contribution in [0.3, 0.4) is 0 Å². The van der Waals surface area contributed by atoms with E-state index in [-0.39, 0.29) is 23.6 Å². The highest BCUT2D eigenvalue weighted by atomic mass is 16.7. The Morgan fingerprint density at radius 2 is 1.89 bits per heavy atom. The molecule has 0 aromatic heterocycles. The fourth-order valence-electron chi connectivity index (χ4n) is 3.17. The highest BCUT2D eigenvalue weighted by molar-refractivity contribution is 5.79. The van der Waals surface area contributed by atoms with Gasteiger partial charge in [0.2, 0.25) is 17.7 Å². The molecular formula is C15H12O4. The van der Waals surface area contributed by atoms with E-state index in [9.17, 15) is 9.59 Å². The molecular weight excluding hydrogens is 244 g/mol. The lowest BCUT2D eigenvalue weighted by atomic mass is 9.74. The second-order valence-corrected chi connectivity index (χ2v) is 5.12. The third kappa shape index (κ3) is 1.23. The average molecular weight is 256 g/mol. The van der Waals surface area contributed by atoms with Gasteiger partial charge in [0.05, 0.1) is 0 Å². The van der Waals surface area contributed by atoms with Gasteiger partial charge in [0, 0.05) is 11.1 Å². The van der Waals surface area contributed by atoms with Crippen LogP contribution >= 0.6 is 0 Å². The maximum Gasteiger partial charge on any atom is 0.234 e. The molecule has 0 saturated carbocycles. The van der Waals surface area contributed by atoms with Crippen LogP contribution in [0.15, 0.2) is 21.7 Å². The van der Waals surface area contributed by atoms with Gasteiger partial charge in [-0.3, -0.25) is 9.59 Å². The Morgan fingerprint density at radius 1 is 1.16 bits per heavy atom. The first-order valence-corrected chi connectivity index (χ1v) is 6.46. The summed E-state index contributed by atoms with van der Waals surface area (Å²) >= 11 is 0. The Bertz CT molecular complexity index is 765. The first kappa shape index (κ1) is 10.8. The topological polar surface area (TPSA) is 52.6 Å². The van der Waals surface area contributed by atoms with Crippen molar-refractivity contribution >= 4 is 0 Å². The zero-order chi connectivity index (χ0) is 13.1. The fraction of sp³-hybridized carbons (Fsp3) is 0.333. The van der Waals surface area contributed by atoms with E-state index in [4.69, 9.17) is 9.47 Å².